The molecule has 0 amide bonds. The molecule has 1 heterocycles. The molecule has 3 N–H and O–H groups in total. The van der Waals surface area contributed by atoms with Gasteiger partial charge < -0.3 is 5.43 Å². The second kappa shape index (κ2) is 5.21. The lowest BCUT2D eigenvalue weighted by molar-refractivity contribution is 0.403. The van der Waals surface area contributed by atoms with E-state index in [2.05, 4.69) is 10.4 Å². The highest BCUT2D eigenvalue weighted by molar-refractivity contribution is 7.89. The number of hydrogen-bond acceptors (Lipinski definition) is 5. The number of hydrazine groups is 1. The molecule has 0 aromatic carbocycles. The molecule has 2 rings (SSSR count). The van der Waals surface area contributed by atoms with Crippen LogP contribution in [0, 0.1) is 0 Å². The molecule has 7 heteroatoms. The van der Waals surface area contributed by atoms with Crippen molar-refractivity contribution in [3.05, 3.63) is 18.3 Å². The van der Waals surface area contributed by atoms with E-state index in [9.17, 15) is 8.42 Å². The van der Waals surface area contributed by atoms with Gasteiger partial charge in [-0.15, -0.1) is 0 Å². The van der Waals surface area contributed by atoms with E-state index < -0.39 is 10.0 Å². The predicted octanol–water partition coefficient (Wildman–Crippen LogP) is 0.930. The molecular formula is C11H18N4O2S. The Kier molecular flexibility index (Phi) is 3.84. The van der Waals surface area contributed by atoms with Gasteiger partial charge in [-0.1, -0.05) is 6.92 Å². The van der Waals surface area contributed by atoms with Crippen molar-refractivity contribution in [2.75, 3.05) is 12.0 Å². The lowest BCUT2D eigenvalue weighted by atomic mass is 10.5. The SMILES string of the molecule is CCCN(C1CC1)S(=O)(=O)c1ccnc(NN)c1. The molecule has 1 saturated carbocycles. The van der Waals surface area contributed by atoms with E-state index in [4.69, 9.17) is 5.84 Å². The molecule has 1 aromatic heterocycles. The van der Waals surface area contributed by atoms with Gasteiger partial charge in [0.05, 0.1) is 4.90 Å². The van der Waals surface area contributed by atoms with Gasteiger partial charge in [0.2, 0.25) is 10.0 Å². The Morgan fingerprint density at radius 1 is 1.56 bits per heavy atom. The van der Waals surface area contributed by atoms with Crippen LogP contribution in [0.2, 0.25) is 0 Å². The number of anilines is 1. The number of nitrogens with zero attached hydrogens (tertiary/aromatic N) is 2. The number of nitrogens with two attached hydrogens (primary N) is 1. The first-order valence-electron chi connectivity index (χ1n) is 6.04. The number of nitrogen functional groups attached to an aromatic ring is 1. The van der Waals surface area contributed by atoms with Gasteiger partial charge in [-0.2, -0.15) is 4.31 Å². The number of hydrogen-bond donors (Lipinski definition) is 2. The molecule has 0 aliphatic heterocycles. The van der Waals surface area contributed by atoms with Crippen LogP contribution < -0.4 is 11.3 Å². The van der Waals surface area contributed by atoms with Crippen LogP contribution in [0.4, 0.5) is 5.82 Å². The minimum absolute atomic E-state index is 0.164. The Morgan fingerprint density at radius 3 is 2.83 bits per heavy atom. The van der Waals surface area contributed by atoms with Crippen LogP contribution in [-0.2, 0) is 10.0 Å². The molecule has 1 aliphatic rings. The summed E-state index contributed by atoms with van der Waals surface area (Å²) in [6, 6.07) is 3.12. The summed E-state index contributed by atoms with van der Waals surface area (Å²) < 4.78 is 26.6. The summed E-state index contributed by atoms with van der Waals surface area (Å²) in [4.78, 5) is 4.16. The standard InChI is InChI=1S/C11H18N4O2S/c1-2-7-15(9-3-4-9)18(16,17)10-5-6-13-11(8-10)14-12/h5-6,8-9H,2-4,7,12H2,1H3,(H,13,14). The Morgan fingerprint density at radius 2 is 2.28 bits per heavy atom. The van der Waals surface area contributed by atoms with Crippen molar-refractivity contribution in [1.82, 2.24) is 9.29 Å². The quantitative estimate of drug-likeness (QED) is 0.593. The van der Waals surface area contributed by atoms with Crippen molar-refractivity contribution in [1.29, 1.82) is 0 Å². The van der Waals surface area contributed by atoms with Crippen molar-refractivity contribution in [3.63, 3.8) is 0 Å². The van der Waals surface area contributed by atoms with Gasteiger partial charge in [0, 0.05) is 24.8 Å². The molecule has 1 aliphatic carbocycles. The molecule has 100 valence electrons. The molecular weight excluding hydrogens is 252 g/mol. The van der Waals surface area contributed by atoms with Crippen molar-refractivity contribution in [2.24, 2.45) is 5.84 Å². The van der Waals surface area contributed by atoms with E-state index in [1.807, 2.05) is 6.92 Å². The third-order valence-corrected chi connectivity index (χ3v) is 4.83. The second-order valence-corrected chi connectivity index (χ2v) is 6.26. The van der Waals surface area contributed by atoms with E-state index in [0.29, 0.717) is 12.4 Å². The van der Waals surface area contributed by atoms with Crippen LogP contribution in [-0.4, -0.2) is 30.3 Å². The zero-order valence-corrected chi connectivity index (χ0v) is 11.2. The maximum atomic E-state index is 12.5. The zero-order chi connectivity index (χ0) is 13.2. The summed E-state index contributed by atoms with van der Waals surface area (Å²) >= 11 is 0. The van der Waals surface area contributed by atoms with E-state index in [1.54, 1.807) is 4.31 Å². The first-order chi connectivity index (χ1) is 8.59. The first-order valence-corrected chi connectivity index (χ1v) is 7.48. The Hall–Kier alpha value is -1.18. The smallest absolute Gasteiger partial charge is 0.243 e. The van der Waals surface area contributed by atoms with Crippen LogP contribution in [0.25, 0.3) is 0 Å². The topological polar surface area (TPSA) is 88.3 Å². The molecule has 1 fully saturated rings. The van der Waals surface area contributed by atoms with Gasteiger partial charge in [-0.3, -0.25) is 0 Å². The van der Waals surface area contributed by atoms with E-state index in [-0.39, 0.29) is 10.9 Å². The average Bonchev–Trinajstić information content (AvgIpc) is 3.20. The highest BCUT2D eigenvalue weighted by Crippen LogP contribution is 2.32. The largest absolute Gasteiger partial charge is 0.308 e. The third-order valence-electron chi connectivity index (χ3n) is 2.88. The summed E-state index contributed by atoms with van der Waals surface area (Å²) in [7, 11) is -3.43. The molecule has 6 nitrogen and oxygen atoms in total. The molecule has 18 heavy (non-hydrogen) atoms. The first kappa shape index (κ1) is 13.3. The molecule has 0 spiro atoms. The maximum absolute atomic E-state index is 12.5. The van der Waals surface area contributed by atoms with Gasteiger partial charge in [0.1, 0.15) is 5.82 Å². The van der Waals surface area contributed by atoms with Crippen LogP contribution in [0.5, 0.6) is 0 Å². The lowest BCUT2D eigenvalue weighted by Gasteiger charge is -2.21. The van der Waals surface area contributed by atoms with Crippen molar-refractivity contribution in [3.8, 4) is 0 Å². The molecule has 1 aromatic rings. The van der Waals surface area contributed by atoms with Gasteiger partial charge in [0.25, 0.3) is 0 Å². The van der Waals surface area contributed by atoms with E-state index in [0.717, 1.165) is 19.3 Å². The maximum Gasteiger partial charge on any atom is 0.243 e. The highest BCUT2D eigenvalue weighted by Gasteiger charge is 2.37. The Bertz CT molecular complexity index is 514. The summed E-state index contributed by atoms with van der Waals surface area (Å²) in [6.07, 6.45) is 4.15. The van der Waals surface area contributed by atoms with Crippen LogP contribution in [0.3, 0.4) is 0 Å². The number of pyridine rings is 1. The second-order valence-electron chi connectivity index (χ2n) is 4.37. The summed E-state index contributed by atoms with van der Waals surface area (Å²) in [5, 5.41) is 0. The molecule has 0 atom stereocenters. The monoisotopic (exact) mass is 270 g/mol. The summed E-state index contributed by atoms with van der Waals surface area (Å²) in [5.41, 5.74) is 2.36. The Balaban J connectivity index is 2.32. The lowest BCUT2D eigenvalue weighted by Crippen LogP contribution is -2.33. The van der Waals surface area contributed by atoms with Gasteiger partial charge in [-0.05, 0) is 25.3 Å². The minimum atomic E-state index is -3.43. The number of sulfonamides is 1. The fourth-order valence-corrected chi connectivity index (χ4v) is 3.66. The Labute approximate surface area is 107 Å². The molecule has 0 saturated heterocycles. The van der Waals surface area contributed by atoms with Crippen LogP contribution in [0.15, 0.2) is 23.2 Å². The summed E-state index contributed by atoms with van der Waals surface area (Å²) in [5.74, 6) is 5.60. The fourth-order valence-electron chi connectivity index (χ4n) is 1.87. The minimum Gasteiger partial charge on any atom is -0.308 e. The third kappa shape index (κ3) is 2.63. The van der Waals surface area contributed by atoms with E-state index >= 15 is 0 Å². The number of rotatable bonds is 6. The molecule has 0 bridgehead atoms. The zero-order valence-electron chi connectivity index (χ0n) is 10.3. The normalized spacial score (nSPS) is 15.9. The van der Waals surface area contributed by atoms with Crippen molar-refractivity contribution in [2.45, 2.75) is 37.1 Å². The van der Waals surface area contributed by atoms with Gasteiger partial charge in [-0.25, -0.2) is 19.2 Å². The fraction of sp³-hybridized carbons (Fsp3) is 0.545. The highest BCUT2D eigenvalue weighted by atomic mass is 32.2. The number of aromatic nitrogens is 1. The van der Waals surface area contributed by atoms with Crippen LogP contribution in [0.1, 0.15) is 26.2 Å². The van der Waals surface area contributed by atoms with Crippen molar-refractivity contribution >= 4 is 15.8 Å². The summed E-state index contributed by atoms with van der Waals surface area (Å²) in [6.45, 7) is 2.53. The van der Waals surface area contributed by atoms with Gasteiger partial charge in [0.15, 0.2) is 0 Å². The number of nitrogens with one attached hydrogen (secondary N) is 1. The van der Waals surface area contributed by atoms with Crippen molar-refractivity contribution < 1.29 is 8.42 Å². The molecule has 0 radical (unpaired) electrons. The average molecular weight is 270 g/mol. The molecule has 0 unspecified atom stereocenters. The van der Waals surface area contributed by atoms with Gasteiger partial charge >= 0.3 is 0 Å². The van der Waals surface area contributed by atoms with Crippen LogP contribution >= 0.6 is 0 Å². The predicted molar refractivity (Wildman–Crippen MR) is 69.3 cm³/mol. The van der Waals surface area contributed by atoms with E-state index in [1.165, 1.54) is 18.3 Å².